The van der Waals surface area contributed by atoms with E-state index in [0.717, 1.165) is 12.2 Å². The molecule has 0 spiro atoms. The van der Waals surface area contributed by atoms with E-state index in [1.807, 2.05) is 19.9 Å². The molecule has 33 heavy (non-hydrogen) atoms. The molecule has 1 aliphatic rings. The van der Waals surface area contributed by atoms with Crippen molar-refractivity contribution in [2.75, 3.05) is 13.2 Å². The number of nitrogens with zero attached hydrogens (tertiary/aromatic N) is 1. The van der Waals surface area contributed by atoms with Crippen LogP contribution in [0.5, 0.6) is 0 Å². The Labute approximate surface area is 195 Å². The quantitative estimate of drug-likeness (QED) is 0.170. The van der Waals surface area contributed by atoms with Gasteiger partial charge >= 0.3 is 17.9 Å². The summed E-state index contributed by atoms with van der Waals surface area (Å²) in [6, 6.07) is 1.79. The zero-order valence-electron chi connectivity index (χ0n) is 19.4. The maximum absolute atomic E-state index is 12.6. The molecule has 0 radical (unpaired) electrons. The van der Waals surface area contributed by atoms with E-state index in [2.05, 4.69) is 11.9 Å². The van der Waals surface area contributed by atoms with Gasteiger partial charge in [0.1, 0.15) is 0 Å². The molecule has 0 bridgehead atoms. The van der Waals surface area contributed by atoms with Crippen LogP contribution in [-0.2, 0) is 33.4 Å². The summed E-state index contributed by atoms with van der Waals surface area (Å²) in [6.07, 6.45) is 6.84. The fourth-order valence-electron chi connectivity index (χ4n) is 3.51. The maximum atomic E-state index is 12.6. The molecule has 4 unspecified atom stereocenters. The van der Waals surface area contributed by atoms with Crippen LogP contribution in [0.15, 0.2) is 24.8 Å². The summed E-state index contributed by atoms with van der Waals surface area (Å²) in [5, 5.41) is 11.4. The van der Waals surface area contributed by atoms with Crippen molar-refractivity contribution in [3.05, 3.63) is 24.8 Å². The third kappa shape index (κ3) is 11.4. The number of carbonyl (C=O) groups is 4. The molecule has 0 aliphatic carbocycles. The van der Waals surface area contributed by atoms with Crippen molar-refractivity contribution in [3.63, 3.8) is 0 Å². The lowest BCUT2D eigenvalue weighted by Gasteiger charge is -2.25. The average Bonchev–Trinajstić information content (AvgIpc) is 3.23. The van der Waals surface area contributed by atoms with Crippen LogP contribution in [-0.4, -0.2) is 49.2 Å². The number of esters is 3. The maximum Gasteiger partial charge on any atom is 0.338 e. The van der Waals surface area contributed by atoms with Gasteiger partial charge in [-0.1, -0.05) is 26.5 Å². The number of rotatable bonds is 15. The number of hydrogen-bond acceptors (Lipinski definition) is 8. The Bertz CT molecular complexity index is 756. The summed E-state index contributed by atoms with van der Waals surface area (Å²) in [7, 11) is 0. The topological polar surface area (TPSA) is 132 Å². The highest BCUT2D eigenvalue weighted by Crippen LogP contribution is 2.24. The van der Waals surface area contributed by atoms with E-state index in [-0.39, 0.29) is 37.0 Å². The number of carbonyl (C=O) groups excluding carboxylic acids is 4. The van der Waals surface area contributed by atoms with Gasteiger partial charge in [-0.2, -0.15) is 5.26 Å². The fourth-order valence-corrected chi connectivity index (χ4v) is 3.51. The highest BCUT2D eigenvalue weighted by Gasteiger charge is 2.27. The Balaban J connectivity index is 2.71. The highest BCUT2D eigenvalue weighted by molar-refractivity contribution is 5.93. The van der Waals surface area contributed by atoms with Crippen LogP contribution in [0.3, 0.4) is 0 Å². The van der Waals surface area contributed by atoms with Crippen LogP contribution >= 0.6 is 0 Å². The second-order valence-corrected chi connectivity index (χ2v) is 7.90. The van der Waals surface area contributed by atoms with E-state index in [9.17, 15) is 19.2 Å². The van der Waals surface area contributed by atoms with Crippen LogP contribution in [0.1, 0.15) is 58.8 Å². The molecular weight excluding hydrogens is 428 g/mol. The van der Waals surface area contributed by atoms with Gasteiger partial charge in [0.25, 0.3) is 0 Å². The van der Waals surface area contributed by atoms with E-state index in [4.69, 9.17) is 19.5 Å². The predicted molar refractivity (Wildman–Crippen MR) is 119 cm³/mol. The first-order chi connectivity index (χ1) is 15.8. The molecule has 1 heterocycles. The van der Waals surface area contributed by atoms with Crippen molar-refractivity contribution in [1.29, 1.82) is 5.26 Å². The molecule has 0 aromatic carbocycles. The summed E-state index contributed by atoms with van der Waals surface area (Å²) in [4.78, 5) is 47.4. The number of hydrogen-bond donors (Lipinski definition) is 1. The first kappa shape index (κ1) is 28.0. The lowest BCUT2D eigenvalue weighted by Crippen LogP contribution is -2.28. The summed E-state index contributed by atoms with van der Waals surface area (Å²) >= 11 is 0. The molecule has 1 saturated heterocycles. The van der Waals surface area contributed by atoms with Gasteiger partial charge in [0.15, 0.2) is 0 Å². The van der Waals surface area contributed by atoms with Crippen molar-refractivity contribution in [1.82, 2.24) is 5.32 Å². The number of ether oxygens (including phenoxy) is 3. The summed E-state index contributed by atoms with van der Waals surface area (Å²) < 4.78 is 15.9. The van der Waals surface area contributed by atoms with E-state index < -0.39 is 23.8 Å². The Morgan fingerprint density at radius 2 is 2.00 bits per heavy atom. The van der Waals surface area contributed by atoms with E-state index in [1.165, 1.54) is 6.08 Å². The normalized spacial score (nSPS) is 18.1. The molecular formula is C24H34N2O7. The lowest BCUT2D eigenvalue weighted by atomic mass is 9.88. The number of nitrogens with one attached hydrogen (secondary N) is 1. The lowest BCUT2D eigenvalue weighted by molar-refractivity contribution is -0.160. The van der Waals surface area contributed by atoms with Crippen LogP contribution in [0.25, 0.3) is 0 Å². The molecule has 4 atom stereocenters. The highest BCUT2D eigenvalue weighted by atomic mass is 16.6. The molecule has 0 aromatic heterocycles. The molecule has 1 amide bonds. The van der Waals surface area contributed by atoms with Crippen LogP contribution in [0.2, 0.25) is 0 Å². The molecule has 1 aliphatic heterocycles. The predicted octanol–water partition coefficient (Wildman–Crippen LogP) is 2.75. The number of amides is 1. The second-order valence-electron chi connectivity index (χ2n) is 7.90. The van der Waals surface area contributed by atoms with E-state index in [0.29, 0.717) is 45.1 Å². The largest absolute Gasteiger partial charge is 0.462 e. The van der Waals surface area contributed by atoms with Gasteiger partial charge in [-0.15, -0.1) is 0 Å². The SMILES string of the molecule is C=CC(=O)OCC(CC(CC)OCCC#N)CC(CC)C(=O)OC(=O)/C=C/C1CCC(=O)N1. The molecule has 1 N–H and O–H groups in total. The average molecular weight is 463 g/mol. The zero-order valence-corrected chi connectivity index (χ0v) is 19.4. The first-order valence-electron chi connectivity index (χ1n) is 11.3. The smallest absolute Gasteiger partial charge is 0.338 e. The third-order valence-corrected chi connectivity index (χ3v) is 5.39. The fraction of sp³-hybridized carbons (Fsp3) is 0.625. The van der Waals surface area contributed by atoms with Gasteiger partial charge in [-0.05, 0) is 38.0 Å². The monoisotopic (exact) mass is 462 g/mol. The summed E-state index contributed by atoms with van der Waals surface area (Å²) in [6.45, 7) is 7.52. The second kappa shape index (κ2) is 15.8. The molecule has 0 aromatic rings. The molecule has 9 heteroatoms. The van der Waals surface area contributed by atoms with Gasteiger partial charge in [0.05, 0.1) is 37.7 Å². The molecule has 1 fully saturated rings. The van der Waals surface area contributed by atoms with Crippen molar-refractivity contribution in [3.8, 4) is 6.07 Å². The minimum atomic E-state index is -0.791. The van der Waals surface area contributed by atoms with Gasteiger partial charge in [-0.3, -0.25) is 9.59 Å². The van der Waals surface area contributed by atoms with E-state index >= 15 is 0 Å². The molecule has 1 rings (SSSR count). The molecule has 0 saturated carbocycles. The Morgan fingerprint density at radius 3 is 2.58 bits per heavy atom. The van der Waals surface area contributed by atoms with E-state index in [1.54, 1.807) is 0 Å². The van der Waals surface area contributed by atoms with Gasteiger partial charge in [0, 0.05) is 24.6 Å². The van der Waals surface area contributed by atoms with Crippen molar-refractivity contribution >= 4 is 23.8 Å². The third-order valence-electron chi connectivity index (χ3n) is 5.39. The summed E-state index contributed by atoms with van der Waals surface area (Å²) in [5.74, 6) is -2.87. The van der Waals surface area contributed by atoms with Gasteiger partial charge < -0.3 is 19.5 Å². The Hall–Kier alpha value is -2.99. The van der Waals surface area contributed by atoms with Crippen LogP contribution in [0.4, 0.5) is 0 Å². The van der Waals surface area contributed by atoms with Crippen LogP contribution in [0, 0.1) is 23.2 Å². The first-order valence-corrected chi connectivity index (χ1v) is 11.3. The van der Waals surface area contributed by atoms with Crippen molar-refractivity contribution < 1.29 is 33.4 Å². The van der Waals surface area contributed by atoms with Gasteiger partial charge in [0.2, 0.25) is 5.91 Å². The summed E-state index contributed by atoms with van der Waals surface area (Å²) in [5.41, 5.74) is 0. The molecule has 182 valence electrons. The minimum absolute atomic E-state index is 0.0714. The number of nitriles is 1. The zero-order chi connectivity index (χ0) is 24.6. The van der Waals surface area contributed by atoms with Crippen molar-refractivity contribution in [2.24, 2.45) is 11.8 Å². The minimum Gasteiger partial charge on any atom is -0.462 e. The van der Waals surface area contributed by atoms with Crippen LogP contribution < -0.4 is 5.32 Å². The molecule has 9 nitrogen and oxygen atoms in total. The standard InChI is InChI=1S/C24H34N2O7/c1-4-18(24(30)33-23(29)11-9-19-8-10-21(27)26-19)14-17(16-32-22(28)6-3)15-20(5-2)31-13-7-12-25/h6,9,11,17-20H,3-5,7-8,10,13-16H2,1-2H3,(H,26,27)/b11-9+. The van der Waals surface area contributed by atoms with Crippen molar-refractivity contribution in [2.45, 2.75) is 70.9 Å². The van der Waals surface area contributed by atoms with Gasteiger partial charge in [-0.25, -0.2) is 9.59 Å². The Kier molecular flexibility index (Phi) is 13.4. The Morgan fingerprint density at radius 1 is 1.24 bits per heavy atom.